The van der Waals surface area contributed by atoms with Crippen LogP contribution in [0.3, 0.4) is 0 Å². The summed E-state index contributed by atoms with van der Waals surface area (Å²) in [5, 5.41) is 13.9. The second-order valence-electron chi connectivity index (χ2n) is 4.53. The quantitative estimate of drug-likeness (QED) is 0.673. The van der Waals surface area contributed by atoms with E-state index in [9.17, 15) is 18.9 Å². The van der Waals surface area contributed by atoms with Gasteiger partial charge < -0.3 is 14.8 Å². The lowest BCUT2D eigenvalue weighted by atomic mass is 10.2. The van der Waals surface area contributed by atoms with Crippen molar-refractivity contribution in [3.63, 3.8) is 0 Å². The Bertz CT molecular complexity index is 512. The number of hydrogen-bond donors (Lipinski definition) is 1. The molecule has 0 aliphatic carbocycles. The fourth-order valence-electron chi connectivity index (χ4n) is 1.98. The Hall–Kier alpha value is -1.80. The molecule has 20 heavy (non-hydrogen) atoms. The van der Waals surface area contributed by atoms with Crippen LogP contribution in [-0.4, -0.2) is 36.8 Å². The number of nitrogens with zero attached hydrogens (tertiary/aromatic N) is 1. The lowest BCUT2D eigenvalue weighted by Crippen LogP contribution is -2.45. The van der Waals surface area contributed by atoms with Crippen LogP contribution in [0.1, 0.15) is 6.92 Å². The molecule has 1 N–H and O–H groups in total. The topological polar surface area (TPSA) is 73.6 Å². The average molecular weight is 288 g/mol. The molecule has 0 amide bonds. The van der Waals surface area contributed by atoms with E-state index in [-0.39, 0.29) is 18.8 Å². The molecule has 0 saturated carbocycles. The zero-order valence-electron chi connectivity index (χ0n) is 10.8. The minimum atomic E-state index is -1.26. The summed E-state index contributed by atoms with van der Waals surface area (Å²) in [7, 11) is 0. The summed E-state index contributed by atoms with van der Waals surface area (Å²) >= 11 is 0. The second kappa shape index (κ2) is 6.10. The van der Waals surface area contributed by atoms with Gasteiger partial charge in [0.25, 0.3) is 0 Å². The first kappa shape index (κ1) is 14.6. The lowest BCUT2D eigenvalue weighted by Gasteiger charge is -2.28. The molecule has 0 bridgehead atoms. The van der Waals surface area contributed by atoms with E-state index in [0.29, 0.717) is 19.2 Å². The van der Waals surface area contributed by atoms with Gasteiger partial charge in [0.05, 0.1) is 11.0 Å². The minimum absolute atomic E-state index is 0.0171. The molecule has 1 aromatic rings. The number of morpholine rings is 1. The van der Waals surface area contributed by atoms with Gasteiger partial charge in [-0.15, -0.1) is 0 Å². The van der Waals surface area contributed by atoms with Gasteiger partial charge in [0, 0.05) is 25.2 Å². The van der Waals surface area contributed by atoms with Crippen LogP contribution in [0.5, 0.6) is 5.75 Å². The molecule has 110 valence electrons. The van der Waals surface area contributed by atoms with E-state index in [0.717, 1.165) is 6.07 Å². The second-order valence-corrected chi connectivity index (χ2v) is 4.53. The van der Waals surface area contributed by atoms with Crippen molar-refractivity contribution in [2.75, 3.05) is 19.7 Å². The highest BCUT2D eigenvalue weighted by molar-refractivity contribution is 5.47. The first-order valence-corrected chi connectivity index (χ1v) is 6.09. The van der Waals surface area contributed by atoms with Crippen LogP contribution in [-0.2, 0) is 4.74 Å². The highest BCUT2D eigenvalue weighted by Gasteiger charge is 2.25. The molecule has 1 saturated heterocycles. The van der Waals surface area contributed by atoms with Gasteiger partial charge in [-0.25, -0.2) is 4.39 Å². The molecule has 1 aromatic carbocycles. The maximum Gasteiger partial charge on any atom is 0.346 e. The van der Waals surface area contributed by atoms with Crippen LogP contribution < -0.4 is 10.1 Å². The maximum absolute atomic E-state index is 13.4. The standard InChI is InChI=1S/C12H14F2N2O4/c1-7-4-15-5-9(20-7)6-19-11-3-8(13)2-10(14)12(11)16(17)18/h2-3,7,9,15H,4-6H2,1H3. The summed E-state index contributed by atoms with van der Waals surface area (Å²) < 4.78 is 37.2. The van der Waals surface area contributed by atoms with Gasteiger partial charge in [-0.1, -0.05) is 0 Å². The number of rotatable bonds is 4. The molecule has 0 aromatic heterocycles. The highest BCUT2D eigenvalue weighted by atomic mass is 19.1. The molecule has 2 atom stereocenters. The zero-order valence-corrected chi connectivity index (χ0v) is 10.8. The Morgan fingerprint density at radius 2 is 2.25 bits per heavy atom. The number of halogens is 2. The minimum Gasteiger partial charge on any atom is -0.484 e. The molecule has 1 heterocycles. The number of hydrogen-bond acceptors (Lipinski definition) is 5. The third-order valence-corrected chi connectivity index (χ3v) is 2.83. The van der Waals surface area contributed by atoms with Gasteiger partial charge in [0.2, 0.25) is 11.6 Å². The van der Waals surface area contributed by atoms with Crippen molar-refractivity contribution < 1.29 is 23.2 Å². The van der Waals surface area contributed by atoms with Gasteiger partial charge in [-0.05, 0) is 6.92 Å². The Balaban J connectivity index is 2.10. The highest BCUT2D eigenvalue weighted by Crippen LogP contribution is 2.31. The van der Waals surface area contributed by atoms with E-state index in [2.05, 4.69) is 5.32 Å². The molecule has 0 spiro atoms. The maximum atomic E-state index is 13.4. The number of ether oxygens (including phenoxy) is 2. The summed E-state index contributed by atoms with van der Waals surface area (Å²) in [5.41, 5.74) is -0.872. The predicted molar refractivity (Wildman–Crippen MR) is 65.7 cm³/mol. The largest absolute Gasteiger partial charge is 0.484 e. The number of nitrogens with one attached hydrogen (secondary N) is 1. The monoisotopic (exact) mass is 288 g/mol. The first-order chi connectivity index (χ1) is 9.47. The van der Waals surface area contributed by atoms with Gasteiger partial charge in [-0.2, -0.15) is 4.39 Å². The molecule has 0 radical (unpaired) electrons. The fraction of sp³-hybridized carbons (Fsp3) is 0.500. The Labute approximate surface area is 113 Å². The summed E-state index contributed by atoms with van der Waals surface area (Å²) in [6.45, 7) is 3.05. The zero-order chi connectivity index (χ0) is 14.7. The van der Waals surface area contributed by atoms with Crippen molar-refractivity contribution in [2.24, 2.45) is 0 Å². The van der Waals surface area contributed by atoms with Crippen LogP contribution in [0, 0.1) is 21.7 Å². The molecule has 6 nitrogen and oxygen atoms in total. The summed E-state index contributed by atoms with van der Waals surface area (Å²) in [6.07, 6.45) is -0.346. The van der Waals surface area contributed by atoms with Crippen LogP contribution in [0.4, 0.5) is 14.5 Å². The average Bonchev–Trinajstić information content (AvgIpc) is 2.35. The normalized spacial score (nSPS) is 22.6. The van der Waals surface area contributed by atoms with E-state index in [1.54, 1.807) is 0 Å². The number of nitro groups is 1. The van der Waals surface area contributed by atoms with Crippen molar-refractivity contribution in [3.05, 3.63) is 33.9 Å². The third kappa shape index (κ3) is 3.40. The molecular weight excluding hydrogens is 274 g/mol. The van der Waals surface area contributed by atoms with Crippen LogP contribution in [0.25, 0.3) is 0 Å². The molecule has 8 heteroatoms. The number of nitro benzene ring substituents is 1. The first-order valence-electron chi connectivity index (χ1n) is 6.09. The van der Waals surface area contributed by atoms with E-state index in [1.165, 1.54) is 0 Å². The van der Waals surface area contributed by atoms with Crippen molar-refractivity contribution in [1.82, 2.24) is 5.32 Å². The molecule has 1 aliphatic rings. The van der Waals surface area contributed by atoms with Crippen LogP contribution in [0.15, 0.2) is 12.1 Å². The SMILES string of the molecule is CC1CNCC(COc2cc(F)cc(F)c2[N+](=O)[O-])O1. The van der Waals surface area contributed by atoms with Crippen molar-refractivity contribution in [3.8, 4) is 5.75 Å². The summed E-state index contributed by atoms with van der Waals surface area (Å²) in [6, 6.07) is 1.24. The van der Waals surface area contributed by atoms with Crippen molar-refractivity contribution in [1.29, 1.82) is 0 Å². The van der Waals surface area contributed by atoms with E-state index in [1.807, 2.05) is 6.92 Å². The molecule has 2 rings (SSSR count). The Morgan fingerprint density at radius 3 is 2.90 bits per heavy atom. The van der Waals surface area contributed by atoms with Gasteiger partial charge >= 0.3 is 5.69 Å². The molecular formula is C12H14F2N2O4. The van der Waals surface area contributed by atoms with E-state index >= 15 is 0 Å². The Morgan fingerprint density at radius 1 is 1.50 bits per heavy atom. The van der Waals surface area contributed by atoms with E-state index < -0.39 is 28.0 Å². The van der Waals surface area contributed by atoms with E-state index in [4.69, 9.17) is 9.47 Å². The smallest absolute Gasteiger partial charge is 0.346 e. The molecule has 1 aliphatic heterocycles. The third-order valence-electron chi connectivity index (χ3n) is 2.83. The Kier molecular flexibility index (Phi) is 4.46. The fourth-order valence-corrected chi connectivity index (χ4v) is 1.98. The molecule has 2 unspecified atom stereocenters. The van der Waals surface area contributed by atoms with Crippen molar-refractivity contribution in [2.45, 2.75) is 19.1 Å². The summed E-state index contributed by atoms with van der Waals surface area (Å²) in [4.78, 5) is 9.84. The lowest BCUT2D eigenvalue weighted by molar-refractivity contribution is -0.388. The van der Waals surface area contributed by atoms with Crippen LogP contribution in [0.2, 0.25) is 0 Å². The van der Waals surface area contributed by atoms with Gasteiger partial charge in [0.1, 0.15) is 18.5 Å². The number of benzene rings is 1. The predicted octanol–water partition coefficient (Wildman–Crippen LogP) is 1.63. The van der Waals surface area contributed by atoms with Crippen LogP contribution >= 0.6 is 0 Å². The summed E-state index contributed by atoms with van der Waals surface area (Å²) in [5.74, 6) is -2.63. The van der Waals surface area contributed by atoms with Crippen molar-refractivity contribution >= 4 is 5.69 Å². The molecule has 1 fully saturated rings. The van der Waals surface area contributed by atoms with Gasteiger partial charge in [-0.3, -0.25) is 10.1 Å². The van der Waals surface area contributed by atoms with Gasteiger partial charge in [0.15, 0.2) is 0 Å².